The first-order valence-electron chi connectivity index (χ1n) is 7.03. The SMILES string of the molecule is CCOc1cccc(C2(C#N)CCCN(C)CC2)c1. The molecule has 0 spiro atoms. The van der Waals surface area contributed by atoms with Gasteiger partial charge in [-0.3, -0.25) is 0 Å². The third-order valence-corrected chi connectivity index (χ3v) is 3.98. The van der Waals surface area contributed by atoms with Crippen molar-refractivity contribution in [3.8, 4) is 11.8 Å². The summed E-state index contributed by atoms with van der Waals surface area (Å²) < 4.78 is 5.56. The largest absolute Gasteiger partial charge is 0.494 e. The Bertz CT molecular complexity index is 466. The summed E-state index contributed by atoms with van der Waals surface area (Å²) in [5.41, 5.74) is 0.758. The second kappa shape index (κ2) is 6.08. The van der Waals surface area contributed by atoms with Crippen molar-refractivity contribution in [3.63, 3.8) is 0 Å². The predicted molar refractivity (Wildman–Crippen MR) is 76.3 cm³/mol. The lowest BCUT2D eigenvalue weighted by Gasteiger charge is -2.26. The quantitative estimate of drug-likeness (QED) is 0.836. The van der Waals surface area contributed by atoms with Crippen molar-refractivity contribution in [2.75, 3.05) is 26.7 Å². The molecule has 102 valence electrons. The maximum atomic E-state index is 9.72. The monoisotopic (exact) mass is 258 g/mol. The summed E-state index contributed by atoms with van der Waals surface area (Å²) in [5, 5.41) is 9.72. The van der Waals surface area contributed by atoms with Gasteiger partial charge < -0.3 is 9.64 Å². The number of likely N-dealkylation sites (tertiary alicyclic amines) is 1. The first-order valence-corrected chi connectivity index (χ1v) is 7.03. The molecule has 1 aliphatic heterocycles. The van der Waals surface area contributed by atoms with Crippen LogP contribution >= 0.6 is 0 Å². The summed E-state index contributed by atoms with van der Waals surface area (Å²) in [5.74, 6) is 0.868. The third kappa shape index (κ3) is 3.08. The molecule has 0 N–H and O–H groups in total. The van der Waals surface area contributed by atoms with Gasteiger partial charge in [0.15, 0.2) is 0 Å². The van der Waals surface area contributed by atoms with Crippen LogP contribution in [0.15, 0.2) is 24.3 Å². The van der Waals surface area contributed by atoms with Crippen LogP contribution < -0.4 is 4.74 Å². The zero-order chi connectivity index (χ0) is 13.7. The normalized spacial score (nSPS) is 24.5. The first-order chi connectivity index (χ1) is 9.20. The second-order valence-corrected chi connectivity index (χ2v) is 5.31. The van der Waals surface area contributed by atoms with E-state index in [1.807, 2.05) is 25.1 Å². The van der Waals surface area contributed by atoms with Gasteiger partial charge >= 0.3 is 0 Å². The molecule has 1 aromatic rings. The van der Waals surface area contributed by atoms with Gasteiger partial charge in [0.1, 0.15) is 5.75 Å². The van der Waals surface area contributed by atoms with E-state index in [9.17, 15) is 5.26 Å². The van der Waals surface area contributed by atoms with Gasteiger partial charge in [0.05, 0.1) is 18.1 Å². The number of nitrogens with zero attached hydrogens (tertiary/aromatic N) is 2. The molecule has 1 aliphatic rings. The fourth-order valence-corrected chi connectivity index (χ4v) is 2.78. The van der Waals surface area contributed by atoms with Gasteiger partial charge in [-0.05, 0) is 64.0 Å². The summed E-state index contributed by atoms with van der Waals surface area (Å²) in [6.45, 7) is 4.69. The molecule has 0 amide bonds. The standard InChI is InChI=1S/C16H22N2O/c1-3-19-15-7-4-6-14(12-15)16(13-17)8-5-10-18(2)11-9-16/h4,6-7,12H,3,5,8-11H2,1-2H3. The minimum atomic E-state index is -0.349. The molecular formula is C16H22N2O. The van der Waals surface area contributed by atoms with Crippen molar-refractivity contribution in [1.29, 1.82) is 5.26 Å². The highest BCUT2D eigenvalue weighted by Crippen LogP contribution is 2.36. The van der Waals surface area contributed by atoms with Gasteiger partial charge in [0, 0.05) is 0 Å². The molecule has 19 heavy (non-hydrogen) atoms. The molecule has 2 rings (SSSR count). The lowest BCUT2D eigenvalue weighted by atomic mass is 9.76. The summed E-state index contributed by atoms with van der Waals surface area (Å²) in [6.07, 6.45) is 2.90. The van der Waals surface area contributed by atoms with Gasteiger partial charge in [0.25, 0.3) is 0 Å². The van der Waals surface area contributed by atoms with E-state index in [1.54, 1.807) is 0 Å². The van der Waals surface area contributed by atoms with E-state index >= 15 is 0 Å². The summed E-state index contributed by atoms with van der Waals surface area (Å²) >= 11 is 0. The van der Waals surface area contributed by atoms with E-state index in [4.69, 9.17) is 4.74 Å². The number of ether oxygens (including phenoxy) is 1. The minimum Gasteiger partial charge on any atom is -0.494 e. The Morgan fingerprint density at radius 3 is 2.95 bits per heavy atom. The molecule has 3 heteroatoms. The van der Waals surface area contributed by atoms with E-state index in [-0.39, 0.29) is 5.41 Å². The average molecular weight is 258 g/mol. The highest BCUT2D eigenvalue weighted by atomic mass is 16.5. The number of hydrogen-bond donors (Lipinski definition) is 0. The number of hydrogen-bond acceptors (Lipinski definition) is 3. The van der Waals surface area contributed by atoms with Gasteiger partial charge in [-0.25, -0.2) is 0 Å². The smallest absolute Gasteiger partial charge is 0.119 e. The molecular weight excluding hydrogens is 236 g/mol. The van der Waals surface area contributed by atoms with E-state index in [1.165, 1.54) is 0 Å². The summed E-state index contributed by atoms with van der Waals surface area (Å²) in [6, 6.07) is 10.6. The third-order valence-electron chi connectivity index (χ3n) is 3.98. The molecule has 1 saturated heterocycles. The molecule has 1 aromatic carbocycles. The molecule has 0 saturated carbocycles. The van der Waals surface area contributed by atoms with E-state index in [0.29, 0.717) is 6.61 Å². The van der Waals surface area contributed by atoms with Crippen LogP contribution in [0.1, 0.15) is 31.7 Å². The van der Waals surface area contributed by atoms with Crippen molar-refractivity contribution >= 4 is 0 Å². The Labute approximate surface area is 115 Å². The zero-order valence-electron chi connectivity index (χ0n) is 11.9. The molecule has 0 aliphatic carbocycles. The molecule has 3 nitrogen and oxygen atoms in total. The summed E-state index contributed by atoms with van der Waals surface area (Å²) in [7, 11) is 2.13. The minimum absolute atomic E-state index is 0.349. The van der Waals surface area contributed by atoms with Crippen LogP contribution in [-0.4, -0.2) is 31.6 Å². The van der Waals surface area contributed by atoms with Crippen LogP contribution in [-0.2, 0) is 5.41 Å². The van der Waals surface area contributed by atoms with E-state index in [2.05, 4.69) is 24.1 Å². The number of nitriles is 1. The van der Waals surface area contributed by atoms with Crippen LogP contribution in [0, 0.1) is 11.3 Å². The van der Waals surface area contributed by atoms with Crippen molar-refractivity contribution in [2.24, 2.45) is 0 Å². The maximum Gasteiger partial charge on any atom is 0.119 e. The molecule has 1 fully saturated rings. The predicted octanol–water partition coefficient (Wildman–Crippen LogP) is 2.96. The Kier molecular flexibility index (Phi) is 4.44. The van der Waals surface area contributed by atoms with Crippen LogP contribution in [0.2, 0.25) is 0 Å². The highest BCUT2D eigenvalue weighted by Gasteiger charge is 2.34. The maximum absolute atomic E-state index is 9.72. The van der Waals surface area contributed by atoms with Gasteiger partial charge in [-0.2, -0.15) is 5.26 Å². The van der Waals surface area contributed by atoms with Crippen molar-refractivity contribution in [2.45, 2.75) is 31.6 Å². The molecule has 1 atom stereocenters. The fourth-order valence-electron chi connectivity index (χ4n) is 2.78. The lowest BCUT2D eigenvalue weighted by Crippen LogP contribution is -2.26. The molecule has 0 aromatic heterocycles. The Morgan fingerprint density at radius 2 is 2.21 bits per heavy atom. The van der Waals surface area contributed by atoms with E-state index in [0.717, 1.165) is 43.7 Å². The van der Waals surface area contributed by atoms with Gasteiger partial charge in [-0.15, -0.1) is 0 Å². The van der Waals surface area contributed by atoms with Crippen molar-refractivity contribution in [3.05, 3.63) is 29.8 Å². The zero-order valence-corrected chi connectivity index (χ0v) is 11.9. The van der Waals surface area contributed by atoms with Crippen LogP contribution in [0.4, 0.5) is 0 Å². The second-order valence-electron chi connectivity index (χ2n) is 5.31. The molecule has 1 heterocycles. The lowest BCUT2D eigenvalue weighted by molar-refractivity contribution is 0.336. The van der Waals surface area contributed by atoms with Gasteiger partial charge in [0.2, 0.25) is 0 Å². The summed E-state index contributed by atoms with van der Waals surface area (Å²) in [4.78, 5) is 2.31. The van der Waals surface area contributed by atoms with Crippen LogP contribution in [0.5, 0.6) is 5.75 Å². The van der Waals surface area contributed by atoms with Crippen molar-refractivity contribution in [1.82, 2.24) is 4.90 Å². The Morgan fingerprint density at radius 1 is 1.37 bits per heavy atom. The van der Waals surface area contributed by atoms with Crippen molar-refractivity contribution < 1.29 is 4.74 Å². The number of benzene rings is 1. The Hall–Kier alpha value is -1.53. The first kappa shape index (κ1) is 13.9. The molecule has 0 bridgehead atoms. The number of rotatable bonds is 3. The van der Waals surface area contributed by atoms with E-state index < -0.39 is 0 Å². The fraction of sp³-hybridized carbons (Fsp3) is 0.562. The molecule has 0 radical (unpaired) electrons. The van der Waals surface area contributed by atoms with Crippen LogP contribution in [0.3, 0.4) is 0 Å². The topological polar surface area (TPSA) is 36.3 Å². The average Bonchev–Trinajstić information content (AvgIpc) is 2.62. The molecule has 1 unspecified atom stereocenters. The highest BCUT2D eigenvalue weighted by molar-refractivity contribution is 5.38. The van der Waals surface area contributed by atoms with Gasteiger partial charge in [-0.1, -0.05) is 12.1 Å². The van der Waals surface area contributed by atoms with Crippen LogP contribution in [0.25, 0.3) is 0 Å². The Balaban J connectivity index is 2.30.